The number of aryl methyl sites for hydroxylation is 2. The average Bonchev–Trinajstić information content (AvgIpc) is 3.18. The maximum atomic E-state index is 13.1. The van der Waals surface area contributed by atoms with Gasteiger partial charge in [-0.05, 0) is 43.7 Å². The van der Waals surface area contributed by atoms with Crippen LogP contribution in [0.1, 0.15) is 21.6 Å². The molecule has 1 aliphatic carbocycles. The number of benzene rings is 1. The minimum Gasteiger partial charge on any atom is -0.461 e. The van der Waals surface area contributed by atoms with Crippen LogP contribution >= 0.6 is 0 Å². The molecule has 0 atom stereocenters. The lowest BCUT2D eigenvalue weighted by Gasteiger charge is -2.34. The fraction of sp³-hybridized carbons (Fsp3) is 0.391. The number of ether oxygens (including phenoxy) is 1. The molecule has 10 nitrogen and oxygen atoms in total. The van der Waals surface area contributed by atoms with Crippen LogP contribution < -0.4 is 20.7 Å². The lowest BCUT2D eigenvalue weighted by molar-refractivity contribution is 0.0994. The number of aromatic nitrogens is 4. The summed E-state index contributed by atoms with van der Waals surface area (Å²) in [5, 5.41) is 7.51. The molecule has 11 heteroatoms. The normalized spacial score (nSPS) is 15.6. The lowest BCUT2D eigenvalue weighted by atomic mass is 9.93. The van der Waals surface area contributed by atoms with Crippen LogP contribution in [0, 0.1) is 0 Å². The van der Waals surface area contributed by atoms with Crippen LogP contribution in [-0.2, 0) is 19.9 Å². The van der Waals surface area contributed by atoms with Gasteiger partial charge in [-0.1, -0.05) is 0 Å². The van der Waals surface area contributed by atoms with Gasteiger partial charge >= 0.3 is 0 Å². The average molecular weight is 467 g/mol. The number of piperazine rings is 1. The minimum atomic E-state index is -0.943. The van der Waals surface area contributed by atoms with E-state index in [9.17, 15) is 9.18 Å². The highest BCUT2D eigenvalue weighted by atomic mass is 19.1. The molecule has 3 aromatic rings. The first-order valence-electron chi connectivity index (χ1n) is 11.2. The number of nitrogens with zero attached hydrogens (tertiary/aromatic N) is 6. The standard InChI is InChI=1S/C23H27FN8O2/c1-30-7-9-32(10-8-30)15-4-6-18(34-13-24)17(11-15)27-23-26-12-14-3-5-16-20(22(25)33)29-31(2)21(16)19(14)28-23/h4,6,11-12H,3,5,7-10,13H2,1-2H3,(H2,25,33)(H,26,27,28). The predicted molar refractivity (Wildman–Crippen MR) is 126 cm³/mol. The smallest absolute Gasteiger partial charge is 0.269 e. The van der Waals surface area contributed by atoms with Gasteiger partial charge < -0.3 is 25.6 Å². The van der Waals surface area contributed by atoms with Gasteiger partial charge in [0.2, 0.25) is 12.8 Å². The first-order valence-corrected chi connectivity index (χ1v) is 11.2. The molecule has 1 fully saturated rings. The molecule has 1 aromatic carbocycles. The molecule has 1 aliphatic heterocycles. The van der Waals surface area contributed by atoms with Crippen molar-refractivity contribution >= 4 is 23.2 Å². The third kappa shape index (κ3) is 4.03. The number of anilines is 3. The summed E-state index contributed by atoms with van der Waals surface area (Å²) >= 11 is 0. The zero-order valence-electron chi connectivity index (χ0n) is 19.2. The van der Waals surface area contributed by atoms with Gasteiger partial charge in [0.1, 0.15) is 5.75 Å². The van der Waals surface area contributed by atoms with Crippen molar-refractivity contribution in [2.45, 2.75) is 12.8 Å². The summed E-state index contributed by atoms with van der Waals surface area (Å²) < 4.78 is 19.9. The number of primary amides is 1. The van der Waals surface area contributed by atoms with Crippen molar-refractivity contribution in [3.8, 4) is 17.1 Å². The molecule has 1 amide bonds. The van der Waals surface area contributed by atoms with Gasteiger partial charge in [0, 0.05) is 50.7 Å². The molecule has 34 heavy (non-hydrogen) atoms. The Balaban J connectivity index is 1.49. The molecule has 0 radical (unpaired) electrons. The fourth-order valence-electron chi connectivity index (χ4n) is 4.60. The van der Waals surface area contributed by atoms with Crippen molar-refractivity contribution in [1.29, 1.82) is 0 Å². The molecule has 5 rings (SSSR count). The third-order valence-electron chi connectivity index (χ3n) is 6.40. The Bertz CT molecular complexity index is 1240. The third-order valence-corrected chi connectivity index (χ3v) is 6.40. The lowest BCUT2D eigenvalue weighted by Crippen LogP contribution is -2.44. The number of hydrogen-bond acceptors (Lipinski definition) is 8. The molecule has 0 bridgehead atoms. The summed E-state index contributed by atoms with van der Waals surface area (Å²) in [6.45, 7) is 2.81. The highest BCUT2D eigenvalue weighted by molar-refractivity contribution is 5.94. The van der Waals surface area contributed by atoms with Gasteiger partial charge in [-0.2, -0.15) is 5.10 Å². The summed E-state index contributed by atoms with van der Waals surface area (Å²) in [6, 6.07) is 5.62. The van der Waals surface area contributed by atoms with Crippen LogP contribution in [0.25, 0.3) is 11.4 Å². The Morgan fingerprint density at radius 3 is 2.74 bits per heavy atom. The van der Waals surface area contributed by atoms with Gasteiger partial charge in [0.25, 0.3) is 5.91 Å². The van der Waals surface area contributed by atoms with Crippen LogP contribution in [0.15, 0.2) is 24.4 Å². The largest absolute Gasteiger partial charge is 0.461 e. The maximum Gasteiger partial charge on any atom is 0.269 e. The summed E-state index contributed by atoms with van der Waals surface area (Å²) in [4.78, 5) is 25.6. The number of carbonyl (C=O) groups is 1. The van der Waals surface area contributed by atoms with Crippen LogP contribution in [0.5, 0.6) is 5.75 Å². The molecule has 0 saturated carbocycles. The molecule has 178 valence electrons. The quantitative estimate of drug-likeness (QED) is 0.566. The first kappa shape index (κ1) is 22.1. The van der Waals surface area contributed by atoms with Crippen LogP contribution in [0.2, 0.25) is 0 Å². The van der Waals surface area contributed by atoms with E-state index < -0.39 is 12.8 Å². The van der Waals surface area contributed by atoms with E-state index in [1.165, 1.54) is 0 Å². The fourth-order valence-corrected chi connectivity index (χ4v) is 4.60. The van der Waals surface area contributed by atoms with E-state index in [4.69, 9.17) is 15.5 Å². The van der Waals surface area contributed by atoms with Gasteiger partial charge in [0.05, 0.1) is 17.1 Å². The Morgan fingerprint density at radius 1 is 1.21 bits per heavy atom. The monoisotopic (exact) mass is 466 g/mol. The minimum absolute atomic E-state index is 0.273. The maximum absolute atomic E-state index is 13.1. The van der Waals surface area contributed by atoms with Gasteiger partial charge in [-0.25, -0.2) is 14.4 Å². The zero-order valence-corrected chi connectivity index (χ0v) is 19.2. The summed E-state index contributed by atoms with van der Waals surface area (Å²) in [5.41, 5.74) is 10.6. The molecular formula is C23H27FN8O2. The van der Waals surface area contributed by atoms with Gasteiger partial charge in [0.15, 0.2) is 5.69 Å². The summed E-state index contributed by atoms with van der Waals surface area (Å²) in [5.74, 6) is 0.160. The van der Waals surface area contributed by atoms with E-state index in [0.29, 0.717) is 35.9 Å². The highest BCUT2D eigenvalue weighted by Crippen LogP contribution is 2.36. The highest BCUT2D eigenvalue weighted by Gasteiger charge is 2.28. The number of likely N-dealkylation sites (N-methyl/N-ethyl adjacent to an activating group) is 1. The van der Waals surface area contributed by atoms with Crippen molar-refractivity contribution in [2.75, 3.05) is 50.3 Å². The van der Waals surface area contributed by atoms with E-state index in [2.05, 4.69) is 32.2 Å². The van der Waals surface area contributed by atoms with E-state index in [1.54, 1.807) is 24.0 Å². The van der Waals surface area contributed by atoms with E-state index >= 15 is 0 Å². The van der Waals surface area contributed by atoms with E-state index in [-0.39, 0.29) is 5.69 Å². The number of alkyl halides is 1. The topological polar surface area (TPSA) is 114 Å². The Labute approximate surface area is 196 Å². The second-order valence-corrected chi connectivity index (χ2v) is 8.58. The number of nitrogens with two attached hydrogens (primary N) is 1. The molecule has 3 heterocycles. The Morgan fingerprint density at radius 2 is 2.00 bits per heavy atom. The number of fused-ring (bicyclic) bond motifs is 3. The molecule has 3 N–H and O–H groups in total. The van der Waals surface area contributed by atoms with Crippen molar-refractivity contribution < 1.29 is 13.9 Å². The SMILES string of the molecule is CN1CCN(c2ccc(OCF)c(Nc3ncc4c(n3)-c3c(c(C(N)=O)nn3C)CC4)c2)CC1. The number of halogens is 1. The van der Waals surface area contributed by atoms with E-state index in [0.717, 1.165) is 48.7 Å². The van der Waals surface area contributed by atoms with E-state index in [1.807, 2.05) is 12.1 Å². The number of hydrogen-bond donors (Lipinski definition) is 2. The number of amides is 1. The van der Waals surface area contributed by atoms with Crippen molar-refractivity contribution in [3.05, 3.63) is 41.2 Å². The van der Waals surface area contributed by atoms with Crippen molar-refractivity contribution in [2.24, 2.45) is 12.8 Å². The van der Waals surface area contributed by atoms with Crippen LogP contribution in [-0.4, -0.2) is 70.6 Å². The van der Waals surface area contributed by atoms with Crippen molar-refractivity contribution in [1.82, 2.24) is 24.6 Å². The van der Waals surface area contributed by atoms with Gasteiger partial charge in [-0.15, -0.1) is 0 Å². The Kier molecular flexibility index (Phi) is 5.78. The number of nitrogens with one attached hydrogen (secondary N) is 1. The molecule has 2 aromatic heterocycles. The molecule has 2 aliphatic rings. The zero-order chi connectivity index (χ0) is 23.8. The number of rotatable bonds is 6. The molecule has 1 saturated heterocycles. The first-order chi connectivity index (χ1) is 16.4. The van der Waals surface area contributed by atoms with Gasteiger partial charge in [-0.3, -0.25) is 9.48 Å². The van der Waals surface area contributed by atoms with Crippen LogP contribution in [0.4, 0.5) is 21.7 Å². The second kappa shape index (κ2) is 8.90. The molecule has 0 spiro atoms. The second-order valence-electron chi connectivity index (χ2n) is 8.58. The number of carbonyl (C=O) groups excluding carboxylic acids is 1. The van der Waals surface area contributed by atoms with Crippen molar-refractivity contribution in [3.63, 3.8) is 0 Å². The summed E-state index contributed by atoms with van der Waals surface area (Å²) in [6.07, 6.45) is 3.10. The predicted octanol–water partition coefficient (Wildman–Crippen LogP) is 1.88. The van der Waals surface area contributed by atoms with Crippen LogP contribution in [0.3, 0.4) is 0 Å². The Hall–Kier alpha value is -3.73. The molecular weight excluding hydrogens is 439 g/mol. The molecule has 0 unspecified atom stereocenters. The summed E-state index contributed by atoms with van der Waals surface area (Å²) in [7, 11) is 3.87.